The third-order valence-corrected chi connectivity index (χ3v) is 14.8. The number of hydrogen-bond donors (Lipinski definition) is 3. The Kier molecular flexibility index (Phi) is 10.4. The number of nitrogens with one attached hydrogen (secondary N) is 3. The van der Waals surface area contributed by atoms with Gasteiger partial charge in [-0.1, -0.05) is 53.9 Å². The first-order valence-corrected chi connectivity index (χ1v) is 21.6. The van der Waals surface area contributed by atoms with Crippen LogP contribution in [0.4, 0.5) is 4.79 Å². The molecule has 15 nitrogen and oxygen atoms in total. The Bertz CT molecular complexity index is 2020. The first kappa shape index (κ1) is 40.0. The van der Waals surface area contributed by atoms with Gasteiger partial charge in [0.15, 0.2) is 0 Å². The van der Waals surface area contributed by atoms with Crippen LogP contribution in [-0.2, 0) is 35.6 Å². The number of sulfonamides is 1. The number of alkyl carbamates (subject to hydrolysis) is 1. The maximum absolute atomic E-state index is 14.8. The smallest absolute Gasteiger partial charge is 0.408 e. The Morgan fingerprint density at radius 1 is 1.07 bits per heavy atom. The van der Waals surface area contributed by atoms with Crippen LogP contribution in [0, 0.1) is 23.2 Å². The lowest BCUT2D eigenvalue weighted by molar-refractivity contribution is -0.143. The van der Waals surface area contributed by atoms with Crippen molar-refractivity contribution in [3.63, 3.8) is 0 Å². The van der Waals surface area contributed by atoms with Crippen molar-refractivity contribution < 1.29 is 41.8 Å². The number of methoxy groups -OCH3 is 1. The summed E-state index contributed by atoms with van der Waals surface area (Å²) in [5.74, 6) is -1.68. The Labute approximate surface area is 328 Å². The maximum Gasteiger partial charge on any atom is 0.408 e. The highest BCUT2D eigenvalue weighted by molar-refractivity contribution is 7.91. The van der Waals surface area contributed by atoms with E-state index in [1.54, 1.807) is 27.0 Å². The van der Waals surface area contributed by atoms with E-state index in [9.17, 15) is 27.6 Å². The molecule has 1 aromatic carbocycles. The van der Waals surface area contributed by atoms with Gasteiger partial charge in [-0.05, 0) is 81.3 Å². The van der Waals surface area contributed by atoms with Crippen LogP contribution in [0.25, 0.3) is 11.0 Å². The molecular formula is C40H56N6O9S. The molecule has 8 atom stereocenters. The number of hydrogen-bond acceptors (Lipinski definition) is 11. The van der Waals surface area contributed by atoms with Crippen LogP contribution in [0.5, 0.6) is 11.6 Å². The lowest BCUT2D eigenvalue weighted by Crippen LogP contribution is -2.61. The lowest BCUT2D eigenvalue weighted by Gasteiger charge is -2.36. The van der Waals surface area contributed by atoms with Crippen molar-refractivity contribution in [2.75, 3.05) is 13.7 Å². The van der Waals surface area contributed by atoms with Gasteiger partial charge in [-0.15, -0.1) is 0 Å². The highest BCUT2D eigenvalue weighted by atomic mass is 32.2. The molecule has 16 heteroatoms. The third-order valence-electron chi connectivity index (χ3n) is 12.7. The SMILES string of the molecule is CCC1CC1(NC(=O)C1C(C)C2CN1C(=O)C(C(C)(C)C)NC(=O)OC1CC1CCCCCc1nc3ccc(OC)cc3nc1O2)C(=O)NS(=O)(=O)C1(C)CC1. The van der Waals surface area contributed by atoms with Crippen LogP contribution >= 0.6 is 0 Å². The summed E-state index contributed by atoms with van der Waals surface area (Å²) in [6.45, 7) is 10.7. The Balaban J connectivity index is 1.24. The fraction of sp³-hybridized carbons (Fsp3) is 0.700. The van der Waals surface area contributed by atoms with E-state index in [2.05, 4.69) is 15.4 Å². The summed E-state index contributed by atoms with van der Waals surface area (Å²) in [4.78, 5) is 67.8. The Hall–Kier alpha value is -4.21. The van der Waals surface area contributed by atoms with E-state index in [4.69, 9.17) is 24.2 Å². The molecule has 3 saturated carbocycles. The molecule has 56 heavy (non-hydrogen) atoms. The zero-order valence-electron chi connectivity index (χ0n) is 33.5. The predicted molar refractivity (Wildman–Crippen MR) is 206 cm³/mol. The van der Waals surface area contributed by atoms with Crippen molar-refractivity contribution in [1.29, 1.82) is 0 Å². The van der Waals surface area contributed by atoms with Crippen molar-refractivity contribution in [3.8, 4) is 11.6 Å². The molecule has 2 aromatic rings. The number of benzene rings is 1. The number of rotatable bonds is 7. The monoisotopic (exact) mass is 796 g/mol. The van der Waals surface area contributed by atoms with E-state index in [1.807, 2.05) is 39.8 Å². The second-order valence-corrected chi connectivity index (χ2v) is 20.1. The quantitative estimate of drug-likeness (QED) is 0.364. The van der Waals surface area contributed by atoms with E-state index in [0.717, 1.165) is 32.1 Å². The van der Waals surface area contributed by atoms with Gasteiger partial charge < -0.3 is 29.7 Å². The number of carbonyl (C=O) groups is 4. The molecule has 0 spiro atoms. The molecule has 3 heterocycles. The van der Waals surface area contributed by atoms with Crippen molar-refractivity contribution in [2.45, 2.75) is 140 Å². The average molecular weight is 797 g/mol. The van der Waals surface area contributed by atoms with E-state index < -0.39 is 73.6 Å². The molecule has 1 aromatic heterocycles. The summed E-state index contributed by atoms with van der Waals surface area (Å²) in [5, 5.41) is 5.75. The topological polar surface area (TPSA) is 195 Å². The Morgan fingerprint density at radius 3 is 2.48 bits per heavy atom. The number of aromatic nitrogens is 2. The first-order chi connectivity index (χ1) is 26.4. The van der Waals surface area contributed by atoms with E-state index in [0.29, 0.717) is 54.0 Å². The summed E-state index contributed by atoms with van der Waals surface area (Å²) >= 11 is 0. The molecule has 0 radical (unpaired) electrons. The molecule has 2 aliphatic heterocycles. The normalized spacial score (nSPS) is 31.6. The van der Waals surface area contributed by atoms with Gasteiger partial charge in [-0.2, -0.15) is 0 Å². The average Bonchev–Trinajstić information content (AvgIpc) is 4.09. The van der Waals surface area contributed by atoms with Crippen molar-refractivity contribution in [3.05, 3.63) is 23.9 Å². The number of carbonyl (C=O) groups excluding carboxylic acids is 4. The summed E-state index contributed by atoms with van der Waals surface area (Å²) < 4.78 is 45.4. The molecule has 5 aliphatic rings. The Morgan fingerprint density at radius 2 is 1.82 bits per heavy atom. The molecule has 306 valence electrons. The first-order valence-electron chi connectivity index (χ1n) is 20.1. The summed E-state index contributed by atoms with van der Waals surface area (Å²) in [5.41, 5.74) is -0.347. The van der Waals surface area contributed by atoms with Gasteiger partial charge >= 0.3 is 6.09 Å². The van der Waals surface area contributed by atoms with Gasteiger partial charge in [0.05, 0.1) is 29.4 Å². The molecule has 3 N–H and O–H groups in total. The van der Waals surface area contributed by atoms with Gasteiger partial charge in [-0.3, -0.25) is 19.1 Å². The summed E-state index contributed by atoms with van der Waals surface area (Å²) in [7, 11) is -2.40. The number of aryl methyl sites for hydroxylation is 1. The van der Waals surface area contributed by atoms with E-state index in [1.165, 1.54) is 4.90 Å². The van der Waals surface area contributed by atoms with Gasteiger partial charge in [0.1, 0.15) is 41.3 Å². The number of nitrogens with zero attached hydrogens (tertiary/aromatic N) is 3. The molecular weight excluding hydrogens is 741 g/mol. The van der Waals surface area contributed by atoms with Gasteiger partial charge in [-0.25, -0.2) is 23.2 Å². The maximum atomic E-state index is 14.8. The van der Waals surface area contributed by atoms with Crippen LogP contribution < -0.4 is 24.8 Å². The van der Waals surface area contributed by atoms with E-state index >= 15 is 0 Å². The largest absolute Gasteiger partial charge is 0.497 e. The fourth-order valence-electron chi connectivity index (χ4n) is 8.33. The minimum absolute atomic E-state index is 0.0352. The molecule has 8 unspecified atom stereocenters. The third kappa shape index (κ3) is 7.73. The molecule has 7 rings (SSSR count). The van der Waals surface area contributed by atoms with Crippen LogP contribution in [-0.4, -0.2) is 95.3 Å². The standard InChI is InChI=1S/C40H56N6O9S/c1-8-24-20-40(24,36(49)45-56(51,52)39(6)16-17-39)44-33(47)31-22(2)30-21-46(31)35(48)32(38(3,4)5)43-37(50)55-29-18-23(29)12-10-9-11-13-27-34(54-30)42-28-19-25(53-7)14-15-26(28)41-27/h14-15,19,22-24,29-32H,8-13,16-18,20-21H2,1-7H3,(H,43,50)(H,44,47)(H,45,49). The number of ether oxygens (including phenoxy) is 3. The molecule has 2 bridgehead atoms. The van der Waals surface area contributed by atoms with Gasteiger partial charge in [0.2, 0.25) is 27.7 Å². The van der Waals surface area contributed by atoms with Gasteiger partial charge in [0.25, 0.3) is 5.91 Å². The predicted octanol–water partition coefficient (Wildman–Crippen LogP) is 4.16. The summed E-state index contributed by atoms with van der Waals surface area (Å²) in [6.07, 6.45) is 4.99. The summed E-state index contributed by atoms with van der Waals surface area (Å²) in [6, 6.07) is 3.22. The van der Waals surface area contributed by atoms with Gasteiger partial charge in [0, 0.05) is 12.0 Å². The molecule has 4 amide bonds. The zero-order valence-corrected chi connectivity index (χ0v) is 34.3. The van der Waals surface area contributed by atoms with Crippen LogP contribution in [0.1, 0.15) is 105 Å². The van der Waals surface area contributed by atoms with Crippen LogP contribution in [0.15, 0.2) is 18.2 Å². The molecule has 1 saturated heterocycles. The lowest BCUT2D eigenvalue weighted by atomic mass is 9.85. The minimum atomic E-state index is -3.98. The highest BCUT2D eigenvalue weighted by Crippen LogP contribution is 2.48. The highest BCUT2D eigenvalue weighted by Gasteiger charge is 2.63. The van der Waals surface area contributed by atoms with Crippen LogP contribution in [0.3, 0.4) is 0 Å². The number of amides is 4. The van der Waals surface area contributed by atoms with Crippen LogP contribution in [0.2, 0.25) is 0 Å². The fourth-order valence-corrected chi connectivity index (χ4v) is 9.64. The van der Waals surface area contributed by atoms with Crippen molar-refractivity contribution >= 4 is 44.9 Å². The van der Waals surface area contributed by atoms with E-state index in [-0.39, 0.29) is 30.9 Å². The second kappa shape index (κ2) is 14.6. The number of fused-ring (bicyclic) bond motifs is 5. The molecule has 4 fully saturated rings. The van der Waals surface area contributed by atoms with Crippen molar-refractivity contribution in [1.82, 2.24) is 30.2 Å². The second-order valence-electron chi connectivity index (χ2n) is 17.9. The minimum Gasteiger partial charge on any atom is -0.497 e. The van der Waals surface area contributed by atoms with Crippen molar-refractivity contribution in [2.24, 2.45) is 23.2 Å². The molecule has 3 aliphatic carbocycles. The zero-order chi connectivity index (χ0) is 40.4.